The summed E-state index contributed by atoms with van der Waals surface area (Å²) in [5.41, 5.74) is 1.88. The second-order valence-electron chi connectivity index (χ2n) is 3.94. The van der Waals surface area contributed by atoms with Gasteiger partial charge in [-0.15, -0.1) is 0 Å². The quantitative estimate of drug-likeness (QED) is 0.586. The highest BCUT2D eigenvalue weighted by Crippen LogP contribution is 2.30. The molecule has 0 atom stereocenters. The molecule has 0 radical (unpaired) electrons. The standard InChI is InChI=1S/C14H8Cl2N2S/c15-11-6-5-9(7-12(11)16)8-17-14-10-3-1-2-4-13(10)18-19-14/h1-8H/b17-8+. The normalized spacial score (nSPS) is 11.5. The maximum atomic E-state index is 5.97. The van der Waals surface area contributed by atoms with Crippen molar-refractivity contribution >= 4 is 56.9 Å². The van der Waals surface area contributed by atoms with Crippen LogP contribution in [-0.2, 0) is 0 Å². The molecule has 0 fully saturated rings. The number of rotatable bonds is 2. The summed E-state index contributed by atoms with van der Waals surface area (Å²) >= 11 is 13.2. The highest BCUT2D eigenvalue weighted by molar-refractivity contribution is 7.11. The van der Waals surface area contributed by atoms with Gasteiger partial charge in [0.1, 0.15) is 5.00 Å². The molecule has 0 saturated heterocycles. The maximum Gasteiger partial charge on any atom is 0.143 e. The zero-order valence-electron chi connectivity index (χ0n) is 9.68. The first-order chi connectivity index (χ1) is 9.24. The van der Waals surface area contributed by atoms with Crippen LogP contribution in [0.25, 0.3) is 10.9 Å². The zero-order chi connectivity index (χ0) is 13.2. The highest BCUT2D eigenvalue weighted by Gasteiger charge is 2.03. The SMILES string of the molecule is Clc1ccc(/C=N/c2snc3ccccc23)cc1Cl. The largest absolute Gasteiger partial charge is 0.243 e. The molecule has 2 aromatic carbocycles. The molecule has 0 unspecified atom stereocenters. The Morgan fingerprint density at radius 2 is 1.89 bits per heavy atom. The molecule has 0 aliphatic rings. The first-order valence-electron chi connectivity index (χ1n) is 5.57. The maximum absolute atomic E-state index is 5.97. The molecule has 19 heavy (non-hydrogen) atoms. The molecule has 3 aromatic rings. The van der Waals surface area contributed by atoms with Crippen molar-refractivity contribution in [3.05, 3.63) is 58.1 Å². The van der Waals surface area contributed by atoms with Gasteiger partial charge in [0.15, 0.2) is 0 Å². The average Bonchev–Trinajstić information content (AvgIpc) is 2.83. The molecule has 0 bridgehead atoms. The number of aromatic nitrogens is 1. The predicted molar refractivity (Wildman–Crippen MR) is 83.3 cm³/mol. The van der Waals surface area contributed by atoms with Crippen molar-refractivity contribution in [1.29, 1.82) is 0 Å². The summed E-state index contributed by atoms with van der Waals surface area (Å²) < 4.78 is 4.34. The van der Waals surface area contributed by atoms with Crippen LogP contribution >= 0.6 is 34.7 Å². The van der Waals surface area contributed by atoms with Crippen LogP contribution in [0.15, 0.2) is 47.5 Å². The van der Waals surface area contributed by atoms with E-state index in [1.165, 1.54) is 11.5 Å². The minimum Gasteiger partial charge on any atom is -0.243 e. The lowest BCUT2D eigenvalue weighted by molar-refractivity contribution is 1.62. The number of hydrogen-bond donors (Lipinski definition) is 0. The molecule has 2 nitrogen and oxygen atoms in total. The first-order valence-corrected chi connectivity index (χ1v) is 7.10. The topological polar surface area (TPSA) is 25.2 Å². The Morgan fingerprint density at radius 3 is 2.74 bits per heavy atom. The molecule has 94 valence electrons. The van der Waals surface area contributed by atoms with Crippen LogP contribution in [0.3, 0.4) is 0 Å². The van der Waals surface area contributed by atoms with Crippen LogP contribution in [0.1, 0.15) is 5.56 Å². The van der Waals surface area contributed by atoms with Crippen molar-refractivity contribution in [3.8, 4) is 0 Å². The van der Waals surface area contributed by atoms with Crippen molar-refractivity contribution in [2.75, 3.05) is 0 Å². The molecule has 3 rings (SSSR count). The molecule has 0 saturated carbocycles. The Hall–Kier alpha value is -1.42. The Bertz CT molecular complexity index is 765. The van der Waals surface area contributed by atoms with Crippen LogP contribution in [0.4, 0.5) is 5.00 Å². The zero-order valence-corrected chi connectivity index (χ0v) is 12.0. The molecular weight excluding hydrogens is 299 g/mol. The Kier molecular flexibility index (Phi) is 3.51. The third-order valence-corrected chi connectivity index (χ3v) is 4.16. The summed E-state index contributed by atoms with van der Waals surface area (Å²) in [7, 11) is 0. The summed E-state index contributed by atoms with van der Waals surface area (Å²) in [4.78, 5) is 4.46. The Balaban J connectivity index is 1.96. The average molecular weight is 307 g/mol. The molecule has 1 heterocycles. The van der Waals surface area contributed by atoms with Gasteiger partial charge in [-0.3, -0.25) is 0 Å². The monoisotopic (exact) mass is 306 g/mol. The van der Waals surface area contributed by atoms with Gasteiger partial charge in [-0.25, -0.2) is 4.99 Å². The molecule has 0 amide bonds. The molecule has 0 N–H and O–H groups in total. The smallest absolute Gasteiger partial charge is 0.143 e. The third kappa shape index (κ3) is 2.63. The molecule has 0 spiro atoms. The number of hydrogen-bond acceptors (Lipinski definition) is 3. The highest BCUT2D eigenvalue weighted by atomic mass is 35.5. The lowest BCUT2D eigenvalue weighted by Gasteiger charge is -1.96. The fraction of sp³-hybridized carbons (Fsp3) is 0. The lowest BCUT2D eigenvalue weighted by atomic mass is 10.2. The van der Waals surface area contributed by atoms with Crippen LogP contribution in [0.2, 0.25) is 10.0 Å². The molecule has 0 aliphatic carbocycles. The molecule has 1 aromatic heterocycles. The van der Waals surface area contributed by atoms with E-state index in [0.29, 0.717) is 10.0 Å². The first kappa shape index (κ1) is 12.6. The summed E-state index contributed by atoms with van der Waals surface area (Å²) in [5, 5.41) is 3.02. The molecular formula is C14H8Cl2N2S. The summed E-state index contributed by atoms with van der Waals surface area (Å²) in [6, 6.07) is 13.4. The van der Waals surface area contributed by atoms with Gasteiger partial charge >= 0.3 is 0 Å². The minimum atomic E-state index is 0.528. The van der Waals surface area contributed by atoms with Gasteiger partial charge in [-0.05, 0) is 41.4 Å². The van der Waals surface area contributed by atoms with Crippen LogP contribution in [0, 0.1) is 0 Å². The second-order valence-corrected chi connectivity index (χ2v) is 5.50. The van der Waals surface area contributed by atoms with E-state index in [1.54, 1.807) is 18.3 Å². The third-order valence-electron chi connectivity index (χ3n) is 2.64. The van der Waals surface area contributed by atoms with E-state index in [4.69, 9.17) is 23.2 Å². The number of halogens is 2. The van der Waals surface area contributed by atoms with E-state index in [2.05, 4.69) is 9.37 Å². The van der Waals surface area contributed by atoms with Gasteiger partial charge in [0.25, 0.3) is 0 Å². The van der Waals surface area contributed by atoms with Gasteiger partial charge < -0.3 is 0 Å². The van der Waals surface area contributed by atoms with E-state index in [1.807, 2.05) is 30.3 Å². The van der Waals surface area contributed by atoms with E-state index in [9.17, 15) is 0 Å². The van der Waals surface area contributed by atoms with E-state index in [-0.39, 0.29) is 0 Å². The minimum absolute atomic E-state index is 0.528. The number of fused-ring (bicyclic) bond motifs is 1. The Morgan fingerprint density at radius 1 is 1.05 bits per heavy atom. The van der Waals surface area contributed by atoms with Gasteiger partial charge in [0.05, 0.1) is 15.6 Å². The summed E-state index contributed by atoms with van der Waals surface area (Å²) in [6.45, 7) is 0. The van der Waals surface area contributed by atoms with E-state index < -0.39 is 0 Å². The Labute approximate surface area is 124 Å². The van der Waals surface area contributed by atoms with Crippen LogP contribution < -0.4 is 0 Å². The predicted octanol–water partition coefficient (Wildman–Crippen LogP) is 5.35. The fourth-order valence-electron chi connectivity index (χ4n) is 1.69. The van der Waals surface area contributed by atoms with Gasteiger partial charge in [0, 0.05) is 11.6 Å². The van der Waals surface area contributed by atoms with Crippen molar-refractivity contribution in [2.24, 2.45) is 4.99 Å². The number of nitrogens with zero attached hydrogens (tertiary/aromatic N) is 2. The van der Waals surface area contributed by atoms with Crippen LogP contribution in [-0.4, -0.2) is 10.6 Å². The molecule has 5 heteroatoms. The summed E-state index contributed by atoms with van der Waals surface area (Å²) in [6.07, 6.45) is 1.77. The van der Waals surface area contributed by atoms with Crippen molar-refractivity contribution < 1.29 is 0 Å². The van der Waals surface area contributed by atoms with Crippen molar-refractivity contribution in [2.45, 2.75) is 0 Å². The van der Waals surface area contributed by atoms with Gasteiger partial charge in [0.2, 0.25) is 0 Å². The van der Waals surface area contributed by atoms with Crippen molar-refractivity contribution in [1.82, 2.24) is 4.37 Å². The number of aliphatic imine (C=N–C) groups is 1. The summed E-state index contributed by atoms with van der Waals surface area (Å²) in [5.74, 6) is 0. The molecule has 0 aliphatic heterocycles. The second kappa shape index (κ2) is 5.29. The van der Waals surface area contributed by atoms with Gasteiger partial charge in [-0.1, -0.05) is 41.4 Å². The fourth-order valence-corrected chi connectivity index (χ4v) is 2.72. The lowest BCUT2D eigenvalue weighted by Crippen LogP contribution is -1.80. The van der Waals surface area contributed by atoms with Crippen LogP contribution in [0.5, 0.6) is 0 Å². The van der Waals surface area contributed by atoms with Gasteiger partial charge in [-0.2, -0.15) is 4.37 Å². The van der Waals surface area contributed by atoms with E-state index >= 15 is 0 Å². The van der Waals surface area contributed by atoms with Crippen molar-refractivity contribution in [3.63, 3.8) is 0 Å². The van der Waals surface area contributed by atoms with E-state index in [0.717, 1.165) is 21.5 Å². The number of benzene rings is 2.